The van der Waals surface area contributed by atoms with Crippen molar-refractivity contribution in [2.24, 2.45) is 0 Å². The summed E-state index contributed by atoms with van der Waals surface area (Å²) in [6.45, 7) is 0. The van der Waals surface area contributed by atoms with Crippen LogP contribution in [0.3, 0.4) is 0 Å². The molecule has 0 aliphatic heterocycles. The van der Waals surface area contributed by atoms with Gasteiger partial charge in [0.15, 0.2) is 0 Å². The Morgan fingerprint density at radius 1 is 1.13 bits per heavy atom. The monoisotopic (exact) mass is 250 g/mol. The molecular weight excluding hydrogens is 244 g/mol. The van der Waals surface area contributed by atoms with Crippen molar-refractivity contribution in [3.05, 3.63) is 11.6 Å². The number of allylic oxidation sites excluding steroid dienone is 1. The fraction of sp³-hybridized carbons (Fsp3) is 0.286. The smallest absolute Gasteiger partial charge is 0.331 e. The van der Waals surface area contributed by atoms with E-state index < -0.39 is 26.6 Å². The molecule has 0 saturated carbocycles. The zero-order valence-corrected chi connectivity index (χ0v) is 8.93. The normalized spacial score (nSPS) is 15.9. The molecule has 0 bridgehead atoms. The van der Waals surface area contributed by atoms with E-state index in [0.717, 1.165) is 6.08 Å². The summed E-state index contributed by atoms with van der Waals surface area (Å²) in [5.41, 5.74) is -0.236. The van der Waals surface area contributed by atoms with E-state index >= 15 is 0 Å². The second-order valence-electron chi connectivity index (χ2n) is 2.80. The third kappa shape index (κ3) is 2.77. The zero-order chi connectivity index (χ0) is 11.6. The SMILES string of the molecule is O=C(O)C1=CC(=S(=O)=O)CC(=S(=O)=O)C1. The Morgan fingerprint density at radius 2 is 1.73 bits per heavy atom. The molecule has 0 fully saturated rings. The van der Waals surface area contributed by atoms with Crippen LogP contribution in [0.15, 0.2) is 11.6 Å². The maximum atomic E-state index is 10.6. The Bertz CT molecular complexity index is 586. The molecular formula is C7H6O6S2. The highest BCUT2D eigenvalue weighted by atomic mass is 32.2. The average molecular weight is 250 g/mol. The summed E-state index contributed by atoms with van der Waals surface area (Å²) in [5, 5.41) is 8.64. The second kappa shape index (κ2) is 4.41. The number of rotatable bonds is 1. The fourth-order valence-corrected chi connectivity index (χ4v) is 2.30. The molecule has 0 saturated heterocycles. The Hall–Kier alpha value is -1.41. The molecule has 0 radical (unpaired) electrons. The van der Waals surface area contributed by atoms with Crippen molar-refractivity contribution in [1.29, 1.82) is 0 Å². The minimum Gasteiger partial charge on any atom is -0.478 e. The summed E-state index contributed by atoms with van der Waals surface area (Å²) < 4.78 is 42.4. The van der Waals surface area contributed by atoms with Crippen molar-refractivity contribution < 1.29 is 26.7 Å². The lowest BCUT2D eigenvalue weighted by Crippen LogP contribution is -2.19. The molecule has 6 nitrogen and oxygen atoms in total. The van der Waals surface area contributed by atoms with Gasteiger partial charge in [-0.1, -0.05) is 0 Å². The Balaban J connectivity index is 3.43. The van der Waals surface area contributed by atoms with Crippen LogP contribution in [0.1, 0.15) is 12.8 Å². The summed E-state index contributed by atoms with van der Waals surface area (Å²) in [7, 11) is -5.15. The first-order valence-corrected chi connectivity index (χ1v) is 5.89. The largest absolute Gasteiger partial charge is 0.478 e. The van der Waals surface area contributed by atoms with Gasteiger partial charge in [0, 0.05) is 18.4 Å². The highest BCUT2D eigenvalue weighted by Crippen LogP contribution is 2.13. The van der Waals surface area contributed by atoms with Crippen LogP contribution in [0.25, 0.3) is 0 Å². The van der Waals surface area contributed by atoms with Crippen LogP contribution in [0, 0.1) is 0 Å². The van der Waals surface area contributed by atoms with Crippen molar-refractivity contribution in [3.63, 3.8) is 0 Å². The fourth-order valence-electron chi connectivity index (χ4n) is 1.13. The highest BCUT2D eigenvalue weighted by Gasteiger charge is 2.21. The van der Waals surface area contributed by atoms with Crippen LogP contribution in [0.2, 0.25) is 0 Å². The van der Waals surface area contributed by atoms with Crippen LogP contribution in [-0.2, 0) is 25.4 Å². The van der Waals surface area contributed by atoms with E-state index in [4.69, 9.17) is 5.11 Å². The van der Waals surface area contributed by atoms with Gasteiger partial charge in [0.1, 0.15) is 0 Å². The molecule has 0 amide bonds. The summed E-state index contributed by atoms with van der Waals surface area (Å²) >= 11 is 0. The number of aliphatic carboxylic acids is 1. The van der Waals surface area contributed by atoms with Crippen LogP contribution in [-0.4, -0.2) is 37.6 Å². The molecule has 0 aromatic carbocycles. The summed E-state index contributed by atoms with van der Waals surface area (Å²) in [6, 6.07) is 0. The van der Waals surface area contributed by atoms with E-state index in [9.17, 15) is 21.6 Å². The lowest BCUT2D eigenvalue weighted by molar-refractivity contribution is -0.132. The van der Waals surface area contributed by atoms with Crippen molar-refractivity contribution >= 4 is 36.3 Å². The van der Waals surface area contributed by atoms with E-state index in [2.05, 4.69) is 0 Å². The van der Waals surface area contributed by atoms with E-state index in [1.54, 1.807) is 0 Å². The molecule has 1 N–H and O–H groups in total. The molecule has 0 spiro atoms. The molecule has 0 atom stereocenters. The van der Waals surface area contributed by atoms with Crippen molar-refractivity contribution in [1.82, 2.24) is 0 Å². The second-order valence-corrected chi connectivity index (χ2v) is 4.84. The lowest BCUT2D eigenvalue weighted by Gasteiger charge is -2.09. The summed E-state index contributed by atoms with van der Waals surface area (Å²) in [5.74, 6) is -1.32. The molecule has 82 valence electrons. The van der Waals surface area contributed by atoms with Gasteiger partial charge in [0.05, 0.1) is 9.73 Å². The third-order valence-electron chi connectivity index (χ3n) is 1.82. The van der Waals surface area contributed by atoms with Gasteiger partial charge in [-0.3, -0.25) is 0 Å². The van der Waals surface area contributed by atoms with Gasteiger partial charge >= 0.3 is 5.97 Å². The number of carboxylic acid groups (broad SMARTS) is 1. The number of carboxylic acids is 1. The third-order valence-corrected chi connectivity index (χ3v) is 3.27. The topological polar surface area (TPSA) is 106 Å². The van der Waals surface area contributed by atoms with E-state index in [1.165, 1.54) is 0 Å². The molecule has 1 rings (SSSR count). The van der Waals surface area contributed by atoms with E-state index in [0.29, 0.717) is 0 Å². The molecule has 0 heterocycles. The maximum absolute atomic E-state index is 10.6. The summed E-state index contributed by atoms with van der Waals surface area (Å²) in [4.78, 5) is 10.2. The van der Waals surface area contributed by atoms with Gasteiger partial charge in [0.25, 0.3) is 0 Å². The van der Waals surface area contributed by atoms with Crippen LogP contribution in [0.5, 0.6) is 0 Å². The average Bonchev–Trinajstić information content (AvgIpc) is 2.16. The minimum atomic E-state index is -2.59. The minimum absolute atomic E-state index is 0.130. The zero-order valence-electron chi connectivity index (χ0n) is 7.30. The molecule has 0 aromatic heterocycles. The molecule has 8 heteroatoms. The Kier molecular flexibility index (Phi) is 3.43. The maximum Gasteiger partial charge on any atom is 0.331 e. The van der Waals surface area contributed by atoms with Crippen molar-refractivity contribution in [2.75, 3.05) is 0 Å². The standard InChI is InChI=1S/C7H6O6S2/c8-7(9)4-1-5(14(10)11)3-6(2-4)15(12)13/h1H,2-3H2,(H,8,9). The Morgan fingerprint density at radius 3 is 2.13 bits per heavy atom. The Labute approximate surface area is 87.9 Å². The number of hydrogen-bond acceptors (Lipinski definition) is 5. The van der Waals surface area contributed by atoms with Gasteiger partial charge < -0.3 is 5.11 Å². The first kappa shape index (κ1) is 11.7. The van der Waals surface area contributed by atoms with Gasteiger partial charge in [-0.2, -0.15) is 16.8 Å². The molecule has 0 aromatic rings. The predicted octanol–water partition coefficient (Wildman–Crippen LogP) is -1.11. The van der Waals surface area contributed by atoms with Crippen molar-refractivity contribution in [3.8, 4) is 0 Å². The van der Waals surface area contributed by atoms with Gasteiger partial charge in [-0.15, -0.1) is 0 Å². The van der Waals surface area contributed by atoms with E-state index in [1.807, 2.05) is 0 Å². The first-order valence-electron chi connectivity index (χ1n) is 3.74. The summed E-state index contributed by atoms with van der Waals surface area (Å²) in [6.07, 6.45) is 0.497. The van der Waals surface area contributed by atoms with Crippen LogP contribution < -0.4 is 0 Å². The van der Waals surface area contributed by atoms with Crippen LogP contribution in [0.4, 0.5) is 0 Å². The molecule has 0 unspecified atom stereocenters. The van der Waals surface area contributed by atoms with E-state index in [-0.39, 0.29) is 28.1 Å². The molecule has 1 aliphatic carbocycles. The van der Waals surface area contributed by atoms with Crippen molar-refractivity contribution in [2.45, 2.75) is 12.8 Å². The predicted molar refractivity (Wildman–Crippen MR) is 52.8 cm³/mol. The van der Waals surface area contributed by atoms with Gasteiger partial charge in [0.2, 0.25) is 20.6 Å². The first-order chi connectivity index (χ1) is 6.91. The quantitative estimate of drug-likeness (QED) is 0.592. The highest BCUT2D eigenvalue weighted by molar-refractivity contribution is 7.75. The van der Waals surface area contributed by atoms with Crippen LogP contribution >= 0.6 is 0 Å². The number of hydrogen-bond donors (Lipinski definition) is 1. The molecule has 15 heavy (non-hydrogen) atoms. The number of carbonyl (C=O) groups is 1. The molecule has 1 aliphatic rings. The van der Waals surface area contributed by atoms with Gasteiger partial charge in [-0.25, -0.2) is 4.79 Å². The lowest BCUT2D eigenvalue weighted by atomic mass is 9.99. The van der Waals surface area contributed by atoms with Gasteiger partial charge in [-0.05, 0) is 6.08 Å².